The van der Waals surface area contributed by atoms with E-state index in [2.05, 4.69) is 82.9 Å². The van der Waals surface area contributed by atoms with Crippen molar-refractivity contribution in [1.29, 1.82) is 0 Å². The molecule has 35 heavy (non-hydrogen) atoms. The van der Waals surface area contributed by atoms with Crippen molar-refractivity contribution in [3.8, 4) is 5.69 Å². The molecule has 0 amide bonds. The highest BCUT2D eigenvalue weighted by Gasteiger charge is 2.42. The topological polar surface area (TPSA) is 45.6 Å². The molecule has 2 aliphatic rings. The van der Waals surface area contributed by atoms with Gasteiger partial charge in [0.1, 0.15) is 0 Å². The van der Waals surface area contributed by atoms with Crippen molar-refractivity contribution in [2.75, 3.05) is 39.4 Å². The Balaban J connectivity index is 1.51. The third-order valence-corrected chi connectivity index (χ3v) is 7.84. The van der Waals surface area contributed by atoms with Crippen LogP contribution in [0.2, 0.25) is 0 Å². The number of pyridine rings is 1. The van der Waals surface area contributed by atoms with Gasteiger partial charge in [-0.15, -0.1) is 0 Å². The number of nitrogens with zero attached hydrogens (tertiary/aromatic N) is 4. The maximum atomic E-state index is 5.93. The van der Waals surface area contributed by atoms with Crippen LogP contribution in [0.15, 0.2) is 54.7 Å². The molecule has 184 valence electrons. The molecule has 0 unspecified atom stereocenters. The Morgan fingerprint density at radius 2 is 1.71 bits per heavy atom. The summed E-state index contributed by atoms with van der Waals surface area (Å²) in [5.41, 5.74) is 7.43. The summed E-state index contributed by atoms with van der Waals surface area (Å²) in [6, 6.07) is 16.9. The zero-order valence-corrected chi connectivity index (χ0v) is 21.7. The minimum absolute atomic E-state index is 0.00973. The standard InChI is InChI=1S/C28H35N5OS/c1-20-21(2)33(23-10-5-4-6-11-23)22(3)25(20)27-26(24-12-7-8-13-29-24)30-28(35)32(27)15-9-14-31-16-18-34-19-17-31/h4-8,10-13,26-27H,9,14-19H2,1-3H3,(H,30,35)/t26-,27+/m0/s1. The number of hydrogen-bond donors (Lipinski definition) is 1. The molecule has 5 rings (SSSR count). The monoisotopic (exact) mass is 489 g/mol. The zero-order chi connectivity index (χ0) is 24.4. The molecule has 2 fully saturated rings. The van der Waals surface area contributed by atoms with Crippen molar-refractivity contribution < 1.29 is 4.74 Å². The molecular formula is C28H35N5OS. The van der Waals surface area contributed by atoms with E-state index in [0.29, 0.717) is 0 Å². The van der Waals surface area contributed by atoms with Crippen LogP contribution in [-0.4, -0.2) is 63.9 Å². The average molecular weight is 490 g/mol. The molecule has 0 aliphatic carbocycles. The first kappa shape index (κ1) is 24.0. The fourth-order valence-corrected chi connectivity index (χ4v) is 5.99. The third-order valence-electron chi connectivity index (χ3n) is 7.49. The van der Waals surface area contributed by atoms with E-state index in [0.717, 1.165) is 56.6 Å². The third kappa shape index (κ3) is 4.73. The zero-order valence-electron chi connectivity index (χ0n) is 20.9. The number of thiocarbonyl (C=S) groups is 1. The van der Waals surface area contributed by atoms with Gasteiger partial charge in [-0.1, -0.05) is 24.3 Å². The summed E-state index contributed by atoms with van der Waals surface area (Å²) in [5, 5.41) is 4.45. The molecule has 4 heterocycles. The first-order valence-electron chi connectivity index (χ1n) is 12.6. The fraction of sp³-hybridized carbons (Fsp3) is 0.429. The SMILES string of the molecule is Cc1c([C@@H]2[C@H](c3ccccn3)NC(=S)N2CCCN2CCOCC2)c(C)n(-c2ccccc2)c1C. The molecule has 6 nitrogen and oxygen atoms in total. The first-order valence-corrected chi connectivity index (χ1v) is 13.0. The lowest BCUT2D eigenvalue weighted by Gasteiger charge is -2.31. The molecule has 0 spiro atoms. The Hall–Kier alpha value is -2.74. The maximum absolute atomic E-state index is 5.93. The number of ether oxygens (including phenoxy) is 1. The Morgan fingerprint density at radius 3 is 2.43 bits per heavy atom. The lowest BCUT2D eigenvalue weighted by atomic mass is 9.93. The average Bonchev–Trinajstić information content (AvgIpc) is 3.32. The minimum atomic E-state index is 0.00973. The van der Waals surface area contributed by atoms with E-state index < -0.39 is 0 Å². The Morgan fingerprint density at radius 1 is 0.971 bits per heavy atom. The lowest BCUT2D eigenvalue weighted by Crippen LogP contribution is -2.39. The highest BCUT2D eigenvalue weighted by molar-refractivity contribution is 7.80. The highest BCUT2D eigenvalue weighted by Crippen LogP contribution is 2.43. The summed E-state index contributed by atoms with van der Waals surface area (Å²) in [6.07, 6.45) is 2.93. The fourth-order valence-electron chi connectivity index (χ4n) is 5.66. The van der Waals surface area contributed by atoms with Crippen LogP contribution in [0, 0.1) is 20.8 Å². The number of para-hydroxylation sites is 1. The van der Waals surface area contributed by atoms with Gasteiger partial charge in [-0.25, -0.2) is 0 Å². The van der Waals surface area contributed by atoms with Gasteiger partial charge < -0.3 is 19.5 Å². The molecule has 1 N–H and O–H groups in total. The van der Waals surface area contributed by atoms with Crippen molar-refractivity contribution >= 4 is 17.3 Å². The van der Waals surface area contributed by atoms with Crippen LogP contribution in [0.5, 0.6) is 0 Å². The van der Waals surface area contributed by atoms with Gasteiger partial charge >= 0.3 is 0 Å². The van der Waals surface area contributed by atoms with E-state index in [1.165, 1.54) is 28.2 Å². The first-order chi connectivity index (χ1) is 17.1. The van der Waals surface area contributed by atoms with E-state index in [1.54, 1.807) is 0 Å². The van der Waals surface area contributed by atoms with Gasteiger partial charge in [-0.2, -0.15) is 0 Å². The van der Waals surface area contributed by atoms with Gasteiger partial charge in [-0.05, 0) is 69.2 Å². The summed E-state index contributed by atoms with van der Waals surface area (Å²) in [6.45, 7) is 12.4. The van der Waals surface area contributed by atoms with Crippen molar-refractivity contribution in [3.63, 3.8) is 0 Å². The number of hydrogen-bond acceptors (Lipinski definition) is 4. The van der Waals surface area contributed by atoms with Crippen molar-refractivity contribution in [2.45, 2.75) is 39.3 Å². The van der Waals surface area contributed by atoms with Gasteiger partial charge in [0.15, 0.2) is 5.11 Å². The van der Waals surface area contributed by atoms with Crippen molar-refractivity contribution in [2.24, 2.45) is 0 Å². The van der Waals surface area contributed by atoms with E-state index in [4.69, 9.17) is 21.9 Å². The van der Waals surface area contributed by atoms with Gasteiger partial charge in [0.05, 0.1) is 31.0 Å². The van der Waals surface area contributed by atoms with Crippen LogP contribution in [0.25, 0.3) is 5.69 Å². The quantitative estimate of drug-likeness (QED) is 0.494. The van der Waals surface area contributed by atoms with Crippen LogP contribution >= 0.6 is 12.2 Å². The van der Waals surface area contributed by atoms with Crippen LogP contribution in [0.4, 0.5) is 0 Å². The molecule has 7 heteroatoms. The number of benzene rings is 1. The van der Waals surface area contributed by atoms with Gasteiger partial charge in [0, 0.05) is 55.0 Å². The summed E-state index contributed by atoms with van der Waals surface area (Å²) < 4.78 is 7.90. The van der Waals surface area contributed by atoms with Crippen LogP contribution in [-0.2, 0) is 4.74 Å². The normalized spacial score (nSPS) is 20.9. The Kier molecular flexibility index (Phi) is 7.18. The molecule has 2 aliphatic heterocycles. The largest absolute Gasteiger partial charge is 0.379 e. The Labute approximate surface area is 213 Å². The molecule has 3 aromatic rings. The highest BCUT2D eigenvalue weighted by atomic mass is 32.1. The number of rotatable bonds is 7. The molecule has 0 saturated carbocycles. The van der Waals surface area contributed by atoms with Crippen LogP contribution in [0.3, 0.4) is 0 Å². The molecule has 1 aromatic carbocycles. The van der Waals surface area contributed by atoms with Crippen LogP contribution in [0.1, 0.15) is 46.7 Å². The predicted octanol–water partition coefficient (Wildman–Crippen LogP) is 4.49. The summed E-state index contributed by atoms with van der Waals surface area (Å²) in [7, 11) is 0. The summed E-state index contributed by atoms with van der Waals surface area (Å²) in [5.74, 6) is 0. The van der Waals surface area contributed by atoms with E-state index >= 15 is 0 Å². The van der Waals surface area contributed by atoms with E-state index in [9.17, 15) is 0 Å². The van der Waals surface area contributed by atoms with Crippen molar-refractivity contribution in [3.05, 3.63) is 82.9 Å². The number of aromatic nitrogens is 2. The summed E-state index contributed by atoms with van der Waals surface area (Å²) >= 11 is 5.93. The lowest BCUT2D eigenvalue weighted by molar-refractivity contribution is 0.0365. The second kappa shape index (κ2) is 10.5. The number of nitrogens with one attached hydrogen (secondary N) is 1. The second-order valence-electron chi connectivity index (χ2n) is 9.51. The predicted molar refractivity (Wildman–Crippen MR) is 144 cm³/mol. The van der Waals surface area contributed by atoms with E-state index in [-0.39, 0.29) is 12.1 Å². The summed E-state index contributed by atoms with van der Waals surface area (Å²) in [4.78, 5) is 9.62. The van der Waals surface area contributed by atoms with Gasteiger partial charge in [-0.3, -0.25) is 9.88 Å². The molecule has 0 bridgehead atoms. The molecule has 2 atom stereocenters. The number of morpholine rings is 1. The molecular weight excluding hydrogens is 454 g/mol. The molecule has 0 radical (unpaired) electrons. The maximum Gasteiger partial charge on any atom is 0.170 e. The second-order valence-corrected chi connectivity index (χ2v) is 9.89. The molecule has 2 saturated heterocycles. The smallest absolute Gasteiger partial charge is 0.170 e. The van der Waals surface area contributed by atoms with Gasteiger partial charge in [0.2, 0.25) is 0 Å². The van der Waals surface area contributed by atoms with E-state index in [1.807, 2.05) is 12.3 Å². The minimum Gasteiger partial charge on any atom is -0.379 e. The van der Waals surface area contributed by atoms with Crippen LogP contribution < -0.4 is 5.32 Å². The van der Waals surface area contributed by atoms with Crippen molar-refractivity contribution in [1.82, 2.24) is 24.7 Å². The molecule has 2 aromatic heterocycles. The van der Waals surface area contributed by atoms with Gasteiger partial charge in [0.25, 0.3) is 0 Å². The Bertz CT molecular complexity index is 1160.